The summed E-state index contributed by atoms with van der Waals surface area (Å²) in [7, 11) is 1.56. The normalized spacial score (nSPS) is 11.6. The number of nitrogens with zero attached hydrogens (tertiary/aromatic N) is 1. The molecule has 7 heteroatoms. The van der Waals surface area contributed by atoms with E-state index in [1.165, 1.54) is 0 Å². The number of nitrogens with one attached hydrogen (secondary N) is 1. The number of likely N-dealkylation sites (N-methyl/N-ethyl adjacent to an activating group) is 1. The van der Waals surface area contributed by atoms with E-state index in [1.807, 2.05) is 48.5 Å². The largest absolute Gasteiger partial charge is 0.357 e. The highest BCUT2D eigenvalue weighted by molar-refractivity contribution is 6.36. The van der Waals surface area contributed by atoms with Crippen molar-refractivity contribution in [3.8, 4) is 0 Å². The first-order valence-corrected chi connectivity index (χ1v) is 11.8. The molecule has 1 N–H and O–H groups in total. The minimum atomic E-state index is -0.733. The van der Waals surface area contributed by atoms with Gasteiger partial charge in [0.1, 0.15) is 6.04 Å². The minimum Gasteiger partial charge on any atom is -0.357 e. The van der Waals surface area contributed by atoms with Crippen LogP contribution in [0.5, 0.6) is 0 Å². The highest BCUT2D eigenvalue weighted by atomic mass is 35.5. The number of carbonyl (C=O) groups is 2. The number of aryl methyl sites for hydroxylation is 1. The van der Waals surface area contributed by atoms with E-state index in [-0.39, 0.29) is 24.8 Å². The molecule has 3 aromatic carbocycles. The van der Waals surface area contributed by atoms with E-state index in [0.717, 1.165) is 11.1 Å². The fraction of sp³-hybridized carbons (Fsp3) is 0.231. The lowest BCUT2D eigenvalue weighted by molar-refractivity contribution is -0.141. The third-order valence-corrected chi connectivity index (χ3v) is 6.55. The molecule has 33 heavy (non-hydrogen) atoms. The summed E-state index contributed by atoms with van der Waals surface area (Å²) in [5.41, 5.74) is 2.43. The molecule has 0 aliphatic carbocycles. The fourth-order valence-electron chi connectivity index (χ4n) is 3.66. The van der Waals surface area contributed by atoms with Crippen molar-refractivity contribution in [1.29, 1.82) is 0 Å². The zero-order valence-electron chi connectivity index (χ0n) is 18.2. The molecule has 0 aliphatic heterocycles. The van der Waals surface area contributed by atoms with Crippen molar-refractivity contribution in [2.75, 3.05) is 7.05 Å². The maximum atomic E-state index is 13.5. The summed E-state index contributed by atoms with van der Waals surface area (Å²) in [4.78, 5) is 28.0. The van der Waals surface area contributed by atoms with Gasteiger partial charge in [0.05, 0.1) is 0 Å². The van der Waals surface area contributed by atoms with Crippen LogP contribution in [0.25, 0.3) is 0 Å². The molecule has 1 atom stereocenters. The molecule has 0 heterocycles. The zero-order valence-corrected chi connectivity index (χ0v) is 20.5. The predicted molar refractivity (Wildman–Crippen MR) is 135 cm³/mol. The van der Waals surface area contributed by atoms with Gasteiger partial charge in [0.15, 0.2) is 0 Å². The molecule has 0 saturated carbocycles. The lowest BCUT2D eigenvalue weighted by Gasteiger charge is -2.32. The van der Waals surface area contributed by atoms with Crippen molar-refractivity contribution >= 4 is 46.6 Å². The van der Waals surface area contributed by atoms with Crippen LogP contribution in [-0.4, -0.2) is 29.8 Å². The molecule has 0 bridgehead atoms. The minimum absolute atomic E-state index is 0.116. The second kappa shape index (κ2) is 12.1. The monoisotopic (exact) mass is 502 g/mol. The van der Waals surface area contributed by atoms with Gasteiger partial charge in [-0.25, -0.2) is 0 Å². The number of halogens is 3. The van der Waals surface area contributed by atoms with Gasteiger partial charge in [0.25, 0.3) is 0 Å². The van der Waals surface area contributed by atoms with Gasteiger partial charge in [0, 0.05) is 47.1 Å². The Labute approximate surface area is 209 Å². The Balaban J connectivity index is 1.93. The Hall–Kier alpha value is -2.53. The molecule has 0 aliphatic rings. The van der Waals surface area contributed by atoms with Gasteiger partial charge in [-0.3, -0.25) is 9.59 Å². The first-order valence-electron chi connectivity index (χ1n) is 10.6. The Morgan fingerprint density at radius 2 is 1.45 bits per heavy atom. The van der Waals surface area contributed by atoms with E-state index in [1.54, 1.807) is 36.2 Å². The second-order valence-corrected chi connectivity index (χ2v) is 8.85. The molecular weight excluding hydrogens is 479 g/mol. The SMILES string of the molecule is CNC(=O)[C@@H](Cc1ccccc1)N(Cc1c(Cl)cccc1Cl)C(=O)CCc1ccccc1Cl. The van der Waals surface area contributed by atoms with Crippen LogP contribution in [0.4, 0.5) is 0 Å². The first kappa shape index (κ1) is 25.1. The lowest BCUT2D eigenvalue weighted by Crippen LogP contribution is -2.49. The summed E-state index contributed by atoms with van der Waals surface area (Å²) in [6.45, 7) is 0.116. The first-order chi connectivity index (χ1) is 15.9. The maximum absolute atomic E-state index is 13.5. The molecule has 2 amide bonds. The smallest absolute Gasteiger partial charge is 0.242 e. The Morgan fingerprint density at radius 3 is 2.09 bits per heavy atom. The average molecular weight is 504 g/mol. The number of benzene rings is 3. The van der Waals surface area contributed by atoms with Gasteiger partial charge in [-0.05, 0) is 35.7 Å². The predicted octanol–water partition coefficient (Wildman–Crippen LogP) is 5.97. The summed E-state index contributed by atoms with van der Waals surface area (Å²) < 4.78 is 0. The van der Waals surface area contributed by atoms with Crippen LogP contribution in [0.3, 0.4) is 0 Å². The van der Waals surface area contributed by atoms with Crippen LogP contribution < -0.4 is 5.32 Å². The summed E-state index contributed by atoms with van der Waals surface area (Å²) in [5, 5.41) is 4.20. The molecule has 172 valence electrons. The molecular formula is C26H25Cl3N2O2. The van der Waals surface area contributed by atoms with Gasteiger partial charge >= 0.3 is 0 Å². The third-order valence-electron chi connectivity index (χ3n) is 5.47. The molecule has 0 fully saturated rings. The molecule has 4 nitrogen and oxygen atoms in total. The highest BCUT2D eigenvalue weighted by Crippen LogP contribution is 2.28. The van der Waals surface area contributed by atoms with E-state index in [4.69, 9.17) is 34.8 Å². The van der Waals surface area contributed by atoms with E-state index in [9.17, 15) is 9.59 Å². The quantitative estimate of drug-likeness (QED) is 0.391. The molecule has 0 radical (unpaired) electrons. The van der Waals surface area contributed by atoms with Crippen molar-refractivity contribution in [1.82, 2.24) is 10.2 Å². The van der Waals surface area contributed by atoms with Crippen molar-refractivity contribution in [2.24, 2.45) is 0 Å². The number of hydrogen-bond acceptors (Lipinski definition) is 2. The maximum Gasteiger partial charge on any atom is 0.242 e. The Bertz CT molecular complexity index is 1090. The Kier molecular flexibility index (Phi) is 9.19. The van der Waals surface area contributed by atoms with Gasteiger partial charge in [-0.15, -0.1) is 0 Å². The van der Waals surface area contributed by atoms with Crippen molar-refractivity contribution in [3.63, 3.8) is 0 Å². The fourth-order valence-corrected chi connectivity index (χ4v) is 4.41. The molecule has 3 aromatic rings. The van der Waals surface area contributed by atoms with E-state index in [0.29, 0.717) is 33.5 Å². The molecule has 0 saturated heterocycles. The van der Waals surface area contributed by atoms with Crippen molar-refractivity contribution in [2.45, 2.75) is 31.8 Å². The third kappa shape index (κ3) is 6.73. The van der Waals surface area contributed by atoms with Gasteiger partial charge in [-0.2, -0.15) is 0 Å². The number of carbonyl (C=O) groups excluding carboxylic acids is 2. The van der Waals surface area contributed by atoms with E-state index < -0.39 is 6.04 Å². The molecule has 0 aromatic heterocycles. The molecule has 3 rings (SSSR count). The van der Waals surface area contributed by atoms with Crippen molar-refractivity contribution in [3.05, 3.63) is 105 Å². The Morgan fingerprint density at radius 1 is 0.848 bits per heavy atom. The second-order valence-electron chi connectivity index (χ2n) is 7.63. The van der Waals surface area contributed by atoms with Gasteiger partial charge < -0.3 is 10.2 Å². The van der Waals surface area contributed by atoms with Crippen LogP contribution in [-0.2, 0) is 29.0 Å². The van der Waals surface area contributed by atoms with Gasteiger partial charge in [0.2, 0.25) is 11.8 Å². The van der Waals surface area contributed by atoms with Crippen LogP contribution in [0.2, 0.25) is 15.1 Å². The summed E-state index contributed by atoms with van der Waals surface area (Å²) >= 11 is 19.1. The molecule has 0 spiro atoms. The average Bonchev–Trinajstić information content (AvgIpc) is 2.82. The number of hydrogen-bond donors (Lipinski definition) is 1. The van der Waals surface area contributed by atoms with Crippen LogP contribution in [0, 0.1) is 0 Å². The number of rotatable bonds is 9. The van der Waals surface area contributed by atoms with Gasteiger partial charge in [-0.1, -0.05) is 89.4 Å². The van der Waals surface area contributed by atoms with E-state index >= 15 is 0 Å². The zero-order chi connectivity index (χ0) is 23.8. The lowest BCUT2D eigenvalue weighted by atomic mass is 10.0. The number of amides is 2. The topological polar surface area (TPSA) is 49.4 Å². The van der Waals surface area contributed by atoms with Crippen LogP contribution in [0.15, 0.2) is 72.8 Å². The van der Waals surface area contributed by atoms with E-state index in [2.05, 4.69) is 5.32 Å². The van der Waals surface area contributed by atoms with Crippen molar-refractivity contribution < 1.29 is 9.59 Å². The summed E-state index contributed by atoms with van der Waals surface area (Å²) in [5.74, 6) is -0.441. The summed E-state index contributed by atoms with van der Waals surface area (Å²) in [6, 6.07) is 21.5. The summed E-state index contributed by atoms with van der Waals surface area (Å²) in [6.07, 6.45) is 1.01. The highest BCUT2D eigenvalue weighted by Gasteiger charge is 2.30. The standard InChI is InChI=1S/C26H25Cl3N2O2/c1-30-26(33)24(16-18-8-3-2-4-9-18)31(17-20-22(28)12-7-13-23(20)29)25(32)15-14-19-10-5-6-11-21(19)27/h2-13,24H,14-17H2,1H3,(H,30,33)/t24-/m1/s1. The van der Waals surface area contributed by atoms with Crippen LogP contribution >= 0.6 is 34.8 Å². The van der Waals surface area contributed by atoms with Crippen LogP contribution in [0.1, 0.15) is 23.1 Å². The molecule has 0 unspecified atom stereocenters.